The summed E-state index contributed by atoms with van der Waals surface area (Å²) in [5.41, 5.74) is 6.93. The molecule has 146 valence electrons. The minimum absolute atomic E-state index is 0.0830. The average Bonchev–Trinajstić information content (AvgIpc) is 2.64. The summed E-state index contributed by atoms with van der Waals surface area (Å²) in [5, 5.41) is 0. The number of hydrogen-bond acceptors (Lipinski definition) is 1. The van der Waals surface area contributed by atoms with E-state index in [2.05, 4.69) is 122 Å². The largest absolute Gasteiger partial charge is 0.348 e. The maximum Gasteiger partial charge on any atom is 0.203 e. The van der Waals surface area contributed by atoms with E-state index in [0.29, 0.717) is 6.71 Å². The van der Waals surface area contributed by atoms with Crippen molar-refractivity contribution in [1.82, 2.24) is 0 Å². The second-order valence-electron chi connectivity index (χ2n) is 8.25. The molecule has 0 unspecified atom stereocenters. The molecule has 0 fully saturated rings. The van der Waals surface area contributed by atoms with Crippen molar-refractivity contribution in [2.24, 2.45) is 0 Å². The third-order valence-corrected chi connectivity index (χ3v) is 5.19. The summed E-state index contributed by atoms with van der Waals surface area (Å²) in [7, 11) is 2.21. The van der Waals surface area contributed by atoms with Gasteiger partial charge in [0.1, 0.15) is 0 Å². The quantitative estimate of drug-likeness (QED) is 0.386. The number of rotatable bonds is 7. The van der Waals surface area contributed by atoms with Crippen molar-refractivity contribution in [2.75, 3.05) is 11.9 Å². The van der Waals surface area contributed by atoms with Gasteiger partial charge in [-0.2, -0.15) is 0 Å². The van der Waals surface area contributed by atoms with E-state index in [4.69, 9.17) is 0 Å². The molecule has 0 aliphatic carbocycles. The highest BCUT2D eigenvalue weighted by atomic mass is 15.1. The van der Waals surface area contributed by atoms with Crippen LogP contribution in [0.2, 0.25) is 6.82 Å². The van der Waals surface area contributed by atoms with Gasteiger partial charge in [-0.05, 0) is 37.3 Å². The van der Waals surface area contributed by atoms with E-state index in [1.54, 1.807) is 0 Å². The molecule has 0 saturated carbocycles. The maximum absolute atomic E-state index is 2.40. The van der Waals surface area contributed by atoms with Crippen LogP contribution in [0.15, 0.2) is 65.8 Å². The SMILES string of the molecule is C/C=C\C=C(/C)B(C)c1cccc(C(C)(C)C)c1N(C)/C(=C/C=C\C)CC. The number of para-hydroxylation sites is 1. The van der Waals surface area contributed by atoms with E-state index in [1.165, 1.54) is 27.9 Å². The van der Waals surface area contributed by atoms with Crippen molar-refractivity contribution in [3.8, 4) is 0 Å². The Balaban J connectivity index is 3.67. The Morgan fingerprint density at radius 2 is 1.67 bits per heavy atom. The molecular weight excluding hydrogens is 325 g/mol. The predicted octanol–water partition coefficient (Wildman–Crippen LogP) is 6.68. The van der Waals surface area contributed by atoms with E-state index in [-0.39, 0.29) is 5.41 Å². The standard InChI is InChI=1S/C25H38BN/c1-10-13-16-20(4)26(8)23-19-15-18-22(25(5,6)7)24(23)27(9)21(12-3)17-14-11-2/h10-11,13-19H,12H2,1-9H3/b13-10-,14-11-,20-16+,21-17+. The van der Waals surface area contributed by atoms with Crippen LogP contribution >= 0.6 is 0 Å². The van der Waals surface area contributed by atoms with Gasteiger partial charge in [0.2, 0.25) is 6.71 Å². The molecule has 0 radical (unpaired) electrons. The molecule has 0 saturated heterocycles. The van der Waals surface area contributed by atoms with Gasteiger partial charge < -0.3 is 4.90 Å². The summed E-state index contributed by atoms with van der Waals surface area (Å²) >= 11 is 0. The van der Waals surface area contributed by atoms with Gasteiger partial charge in [-0.25, -0.2) is 0 Å². The second kappa shape index (κ2) is 10.4. The monoisotopic (exact) mass is 363 g/mol. The van der Waals surface area contributed by atoms with Gasteiger partial charge in [0.05, 0.1) is 0 Å². The zero-order valence-electron chi connectivity index (χ0n) is 18.9. The van der Waals surface area contributed by atoms with E-state index in [0.717, 1.165) is 6.42 Å². The molecule has 0 spiro atoms. The van der Waals surface area contributed by atoms with Crippen LogP contribution in [0.1, 0.15) is 60.5 Å². The summed E-state index contributed by atoms with van der Waals surface area (Å²) in [4.78, 5) is 2.40. The minimum Gasteiger partial charge on any atom is -0.348 e. The summed E-state index contributed by atoms with van der Waals surface area (Å²) in [6.07, 6.45) is 13.9. The van der Waals surface area contributed by atoms with Gasteiger partial charge in [0, 0.05) is 18.4 Å². The zero-order valence-corrected chi connectivity index (χ0v) is 18.9. The molecule has 0 amide bonds. The third kappa shape index (κ3) is 6.02. The van der Waals surface area contributed by atoms with Crippen molar-refractivity contribution in [3.63, 3.8) is 0 Å². The normalized spacial score (nSPS) is 13.7. The Bertz CT molecular complexity index is 729. The molecular formula is C25H38BN. The molecule has 27 heavy (non-hydrogen) atoms. The van der Waals surface area contributed by atoms with Crippen LogP contribution in [0.4, 0.5) is 5.69 Å². The fourth-order valence-electron chi connectivity index (χ4n) is 3.35. The fraction of sp³-hybridized carbons (Fsp3) is 0.440. The first-order valence-corrected chi connectivity index (χ1v) is 10.2. The lowest BCUT2D eigenvalue weighted by atomic mass is 9.41. The number of allylic oxidation sites excluding steroid dienone is 8. The number of hydrogen-bond donors (Lipinski definition) is 0. The van der Waals surface area contributed by atoms with E-state index < -0.39 is 0 Å². The molecule has 0 aromatic heterocycles. The van der Waals surface area contributed by atoms with E-state index >= 15 is 0 Å². The average molecular weight is 363 g/mol. The van der Waals surface area contributed by atoms with Gasteiger partial charge in [-0.3, -0.25) is 0 Å². The molecule has 1 aromatic rings. The smallest absolute Gasteiger partial charge is 0.203 e. The Morgan fingerprint density at radius 3 is 2.19 bits per heavy atom. The summed E-state index contributed by atoms with van der Waals surface area (Å²) in [6, 6.07) is 6.80. The van der Waals surface area contributed by atoms with E-state index in [9.17, 15) is 0 Å². The highest BCUT2D eigenvalue weighted by Crippen LogP contribution is 2.33. The molecule has 1 aromatic carbocycles. The molecule has 0 N–H and O–H groups in total. The molecule has 0 aliphatic rings. The van der Waals surface area contributed by atoms with Crippen LogP contribution in [0.5, 0.6) is 0 Å². The highest BCUT2D eigenvalue weighted by Gasteiger charge is 2.26. The third-order valence-electron chi connectivity index (χ3n) is 5.19. The highest BCUT2D eigenvalue weighted by molar-refractivity contribution is 6.79. The fourth-order valence-corrected chi connectivity index (χ4v) is 3.35. The van der Waals surface area contributed by atoms with Crippen LogP contribution in [0.3, 0.4) is 0 Å². The van der Waals surface area contributed by atoms with Crippen molar-refractivity contribution in [1.29, 1.82) is 0 Å². The number of benzene rings is 1. The molecule has 1 nitrogen and oxygen atoms in total. The van der Waals surface area contributed by atoms with Crippen LogP contribution in [0.25, 0.3) is 0 Å². The van der Waals surface area contributed by atoms with Crippen molar-refractivity contribution in [3.05, 3.63) is 71.4 Å². The molecule has 0 bridgehead atoms. The molecule has 0 aliphatic heterocycles. The van der Waals surface area contributed by atoms with Gasteiger partial charge in [-0.15, -0.1) is 0 Å². The Hall–Kier alpha value is -1.96. The van der Waals surface area contributed by atoms with Gasteiger partial charge in [0.25, 0.3) is 0 Å². The summed E-state index contributed by atoms with van der Waals surface area (Å²) in [6.45, 7) is 18.2. The molecule has 0 atom stereocenters. The Labute approximate surface area is 168 Å². The number of anilines is 1. The predicted molar refractivity (Wildman–Crippen MR) is 127 cm³/mol. The van der Waals surface area contributed by atoms with Gasteiger partial charge in [-0.1, -0.05) is 101 Å². The molecule has 0 heterocycles. The van der Waals surface area contributed by atoms with Crippen LogP contribution in [-0.4, -0.2) is 13.8 Å². The number of nitrogens with zero attached hydrogens (tertiary/aromatic N) is 1. The lowest BCUT2D eigenvalue weighted by molar-refractivity contribution is 0.590. The van der Waals surface area contributed by atoms with Gasteiger partial charge >= 0.3 is 0 Å². The van der Waals surface area contributed by atoms with Gasteiger partial charge in [0.15, 0.2) is 0 Å². The van der Waals surface area contributed by atoms with E-state index in [1.807, 2.05) is 0 Å². The first-order chi connectivity index (χ1) is 12.7. The zero-order chi connectivity index (χ0) is 20.6. The van der Waals surface area contributed by atoms with Crippen LogP contribution in [0, 0.1) is 0 Å². The Kier molecular flexibility index (Phi) is 8.89. The van der Waals surface area contributed by atoms with Crippen LogP contribution in [-0.2, 0) is 5.41 Å². The lowest BCUT2D eigenvalue weighted by Gasteiger charge is -2.33. The maximum atomic E-state index is 2.40. The molecule has 1 rings (SSSR count). The van der Waals surface area contributed by atoms with Crippen LogP contribution < -0.4 is 10.4 Å². The first-order valence-electron chi connectivity index (χ1n) is 10.2. The molecule has 2 heteroatoms. The Morgan fingerprint density at radius 1 is 1.07 bits per heavy atom. The first kappa shape index (κ1) is 23.1. The summed E-state index contributed by atoms with van der Waals surface area (Å²) < 4.78 is 0. The second-order valence-corrected chi connectivity index (χ2v) is 8.25. The van der Waals surface area contributed by atoms with Crippen molar-refractivity contribution < 1.29 is 0 Å². The topological polar surface area (TPSA) is 3.24 Å². The lowest BCUT2D eigenvalue weighted by Crippen LogP contribution is -2.37. The minimum atomic E-state index is 0.0830. The van der Waals surface area contributed by atoms with Crippen molar-refractivity contribution in [2.45, 2.75) is 67.1 Å². The van der Waals surface area contributed by atoms with Crippen molar-refractivity contribution >= 4 is 17.9 Å². The summed E-state index contributed by atoms with van der Waals surface area (Å²) in [5.74, 6) is 0.